The Balaban J connectivity index is 0.00000200. The van der Waals surface area contributed by atoms with Gasteiger partial charge in [0.2, 0.25) is 10.0 Å². The molecule has 20 heavy (non-hydrogen) atoms. The van der Waals surface area contributed by atoms with Crippen molar-refractivity contribution in [1.82, 2.24) is 10.0 Å². The lowest BCUT2D eigenvalue weighted by atomic mass is 9.97. The summed E-state index contributed by atoms with van der Waals surface area (Å²) in [6.07, 6.45) is 0.716. The normalized spacial score (nSPS) is 23.1. The minimum absolute atomic E-state index is 0. The van der Waals surface area contributed by atoms with E-state index in [1.165, 1.54) is 12.1 Å². The van der Waals surface area contributed by atoms with Crippen LogP contribution in [0.3, 0.4) is 0 Å². The number of rotatable bonds is 3. The molecule has 0 bridgehead atoms. The van der Waals surface area contributed by atoms with E-state index in [0.29, 0.717) is 12.0 Å². The van der Waals surface area contributed by atoms with Gasteiger partial charge in [0, 0.05) is 6.04 Å². The Hall–Kier alpha value is -0.690. The molecule has 1 aromatic carbocycles. The van der Waals surface area contributed by atoms with Crippen molar-refractivity contribution >= 4 is 22.4 Å². The Morgan fingerprint density at radius 1 is 1.40 bits per heavy atom. The summed E-state index contributed by atoms with van der Waals surface area (Å²) in [6.45, 7) is 5.24. The number of nitrogens with one attached hydrogen (secondary N) is 2. The Bertz CT molecular complexity index is 565. The second-order valence-corrected chi connectivity index (χ2v) is 6.81. The third kappa shape index (κ3) is 3.91. The van der Waals surface area contributed by atoms with Gasteiger partial charge in [0.25, 0.3) is 0 Å². The molecule has 114 valence electrons. The predicted molar refractivity (Wildman–Crippen MR) is 79.1 cm³/mol. The van der Waals surface area contributed by atoms with Crippen LogP contribution in [0.5, 0.6) is 0 Å². The molecular formula is C13H20ClFN2O2S. The minimum Gasteiger partial charge on any atom is -0.316 e. The van der Waals surface area contributed by atoms with E-state index < -0.39 is 15.8 Å². The summed E-state index contributed by atoms with van der Waals surface area (Å²) >= 11 is 0. The number of hydrogen-bond donors (Lipinski definition) is 2. The van der Waals surface area contributed by atoms with E-state index in [1.54, 1.807) is 13.0 Å². The third-order valence-corrected chi connectivity index (χ3v) is 4.99. The molecule has 2 N–H and O–H groups in total. The maximum Gasteiger partial charge on any atom is 0.243 e. The molecule has 0 aliphatic carbocycles. The van der Waals surface area contributed by atoms with Crippen LogP contribution in [0.4, 0.5) is 4.39 Å². The number of benzene rings is 1. The second kappa shape index (κ2) is 6.85. The topological polar surface area (TPSA) is 58.2 Å². The number of halogens is 2. The van der Waals surface area contributed by atoms with Crippen molar-refractivity contribution in [1.29, 1.82) is 0 Å². The highest BCUT2D eigenvalue weighted by atomic mass is 35.5. The van der Waals surface area contributed by atoms with Crippen molar-refractivity contribution in [3.63, 3.8) is 0 Å². The van der Waals surface area contributed by atoms with Crippen LogP contribution >= 0.6 is 12.4 Å². The average Bonchev–Trinajstić information content (AvgIpc) is 2.31. The molecule has 2 rings (SSSR count). The van der Waals surface area contributed by atoms with Gasteiger partial charge < -0.3 is 5.32 Å². The molecule has 1 aromatic rings. The van der Waals surface area contributed by atoms with Crippen LogP contribution in [0.15, 0.2) is 23.1 Å². The lowest BCUT2D eigenvalue weighted by molar-refractivity contribution is 0.327. The van der Waals surface area contributed by atoms with Gasteiger partial charge in [-0.2, -0.15) is 0 Å². The van der Waals surface area contributed by atoms with Gasteiger partial charge in [-0.25, -0.2) is 17.5 Å². The number of sulfonamides is 1. The van der Waals surface area contributed by atoms with Crippen LogP contribution in [0.1, 0.15) is 18.9 Å². The van der Waals surface area contributed by atoms with E-state index >= 15 is 0 Å². The van der Waals surface area contributed by atoms with Gasteiger partial charge in [-0.15, -0.1) is 12.4 Å². The summed E-state index contributed by atoms with van der Waals surface area (Å²) in [4.78, 5) is -0.274. The van der Waals surface area contributed by atoms with Crippen LogP contribution in [-0.4, -0.2) is 27.5 Å². The highest BCUT2D eigenvalue weighted by molar-refractivity contribution is 7.89. The predicted octanol–water partition coefficient (Wildman–Crippen LogP) is 1.83. The van der Waals surface area contributed by atoms with Crippen molar-refractivity contribution in [3.05, 3.63) is 29.6 Å². The standard InChI is InChI=1S/C13H19FN2O2S.ClH/c1-9-3-4-13(11(14)7-9)19(17,18)16-12-5-6-15-8-10(12)2;/h3-4,7,10,12,15-16H,5-6,8H2,1-2H3;1H. The molecule has 0 saturated carbocycles. The van der Waals surface area contributed by atoms with Crippen molar-refractivity contribution in [2.75, 3.05) is 13.1 Å². The second-order valence-electron chi connectivity index (χ2n) is 5.13. The van der Waals surface area contributed by atoms with Crippen LogP contribution in [-0.2, 0) is 10.0 Å². The quantitative estimate of drug-likeness (QED) is 0.892. The Labute approximate surface area is 125 Å². The Morgan fingerprint density at radius 2 is 2.10 bits per heavy atom. The van der Waals surface area contributed by atoms with Gasteiger partial charge in [-0.1, -0.05) is 13.0 Å². The van der Waals surface area contributed by atoms with E-state index in [0.717, 1.165) is 13.1 Å². The number of aryl methyl sites for hydroxylation is 1. The maximum atomic E-state index is 13.8. The SMILES string of the molecule is Cc1ccc(S(=O)(=O)NC2CCNCC2C)c(F)c1.Cl. The first-order valence-corrected chi connectivity index (χ1v) is 7.87. The highest BCUT2D eigenvalue weighted by Gasteiger charge is 2.28. The van der Waals surface area contributed by atoms with Gasteiger partial charge in [-0.05, 0) is 50.0 Å². The van der Waals surface area contributed by atoms with Crippen LogP contribution in [0, 0.1) is 18.7 Å². The molecule has 0 spiro atoms. The fourth-order valence-electron chi connectivity index (χ4n) is 2.28. The van der Waals surface area contributed by atoms with E-state index in [1.807, 2.05) is 6.92 Å². The summed E-state index contributed by atoms with van der Waals surface area (Å²) in [5.41, 5.74) is 0.701. The zero-order chi connectivity index (χ0) is 14.0. The minimum atomic E-state index is -3.79. The molecule has 2 atom stereocenters. The largest absolute Gasteiger partial charge is 0.316 e. The van der Waals surface area contributed by atoms with E-state index in [4.69, 9.17) is 0 Å². The number of hydrogen-bond acceptors (Lipinski definition) is 3. The molecule has 1 saturated heterocycles. The fraction of sp³-hybridized carbons (Fsp3) is 0.538. The molecule has 0 aromatic heterocycles. The highest BCUT2D eigenvalue weighted by Crippen LogP contribution is 2.19. The van der Waals surface area contributed by atoms with Crippen molar-refractivity contribution < 1.29 is 12.8 Å². The molecule has 2 unspecified atom stereocenters. The van der Waals surface area contributed by atoms with Crippen molar-refractivity contribution in [3.8, 4) is 0 Å². The summed E-state index contributed by atoms with van der Waals surface area (Å²) in [7, 11) is -3.79. The van der Waals surface area contributed by atoms with Gasteiger partial charge in [0.15, 0.2) is 0 Å². The van der Waals surface area contributed by atoms with Gasteiger partial charge >= 0.3 is 0 Å². The molecule has 1 fully saturated rings. The first kappa shape index (κ1) is 17.4. The van der Waals surface area contributed by atoms with Gasteiger partial charge in [0.1, 0.15) is 10.7 Å². The fourth-order valence-corrected chi connectivity index (χ4v) is 3.71. The average molecular weight is 323 g/mol. The summed E-state index contributed by atoms with van der Waals surface area (Å²) < 4.78 is 40.8. The van der Waals surface area contributed by atoms with Crippen LogP contribution in [0.25, 0.3) is 0 Å². The lowest BCUT2D eigenvalue weighted by Gasteiger charge is -2.30. The first-order chi connectivity index (χ1) is 8.90. The molecule has 7 heteroatoms. The molecule has 1 heterocycles. The zero-order valence-corrected chi connectivity index (χ0v) is 13.2. The zero-order valence-electron chi connectivity index (χ0n) is 11.5. The van der Waals surface area contributed by atoms with E-state index in [-0.39, 0.29) is 29.3 Å². The first-order valence-electron chi connectivity index (χ1n) is 6.39. The molecule has 0 radical (unpaired) electrons. The van der Waals surface area contributed by atoms with Gasteiger partial charge in [-0.3, -0.25) is 0 Å². The molecule has 1 aliphatic heterocycles. The monoisotopic (exact) mass is 322 g/mol. The summed E-state index contributed by atoms with van der Waals surface area (Å²) in [5.74, 6) is -0.508. The van der Waals surface area contributed by atoms with E-state index in [9.17, 15) is 12.8 Å². The number of piperidine rings is 1. The molecule has 0 amide bonds. The summed E-state index contributed by atoms with van der Waals surface area (Å²) in [6, 6.07) is 4.01. The van der Waals surface area contributed by atoms with Crippen LogP contribution in [0.2, 0.25) is 0 Å². The molecule has 1 aliphatic rings. The molecular weight excluding hydrogens is 303 g/mol. The maximum absolute atomic E-state index is 13.8. The summed E-state index contributed by atoms with van der Waals surface area (Å²) in [5, 5.41) is 3.20. The Morgan fingerprint density at radius 3 is 2.70 bits per heavy atom. The third-order valence-electron chi connectivity index (χ3n) is 3.47. The smallest absolute Gasteiger partial charge is 0.243 e. The lowest BCUT2D eigenvalue weighted by Crippen LogP contribution is -2.48. The van der Waals surface area contributed by atoms with Crippen molar-refractivity contribution in [2.45, 2.75) is 31.2 Å². The van der Waals surface area contributed by atoms with E-state index in [2.05, 4.69) is 10.0 Å². The molecule has 4 nitrogen and oxygen atoms in total. The van der Waals surface area contributed by atoms with Crippen molar-refractivity contribution in [2.24, 2.45) is 5.92 Å². The van der Waals surface area contributed by atoms with Gasteiger partial charge in [0.05, 0.1) is 0 Å². The Kier molecular flexibility index (Phi) is 5.94. The van der Waals surface area contributed by atoms with Crippen LogP contribution < -0.4 is 10.0 Å².